The fourth-order valence-corrected chi connectivity index (χ4v) is 2.73. The number of aryl methyl sites for hydroxylation is 2. The van der Waals surface area contributed by atoms with Crippen LogP contribution in [-0.2, 0) is 0 Å². The van der Waals surface area contributed by atoms with E-state index in [9.17, 15) is 9.18 Å². The van der Waals surface area contributed by atoms with Crippen molar-refractivity contribution in [3.8, 4) is 22.8 Å². The van der Waals surface area contributed by atoms with Crippen LogP contribution in [0.4, 0.5) is 4.39 Å². The van der Waals surface area contributed by atoms with Crippen LogP contribution in [0, 0.1) is 33.5 Å². The van der Waals surface area contributed by atoms with Gasteiger partial charge in [0.2, 0.25) is 5.82 Å². The second kappa shape index (κ2) is 6.12. The Balaban J connectivity index is 2.13. The van der Waals surface area contributed by atoms with Crippen molar-refractivity contribution in [2.75, 3.05) is 0 Å². The predicted octanol–water partition coefficient (Wildman–Crippen LogP) is 4.47. The van der Waals surface area contributed by atoms with Crippen molar-refractivity contribution >= 4 is 5.97 Å². The zero-order valence-electron chi connectivity index (χ0n) is 14.3. The molecule has 0 radical (unpaired) electrons. The number of carboxylic acids is 1. The largest absolute Gasteiger partial charge is 0.478 e. The summed E-state index contributed by atoms with van der Waals surface area (Å²) in [6.07, 6.45) is 0. The number of carboxylic acid groups (broad SMARTS) is 1. The van der Waals surface area contributed by atoms with Crippen molar-refractivity contribution in [2.45, 2.75) is 27.7 Å². The molecule has 0 bridgehead atoms. The molecular formula is C19H17FN2O3. The Labute approximate surface area is 144 Å². The maximum Gasteiger partial charge on any atom is 0.335 e. The van der Waals surface area contributed by atoms with E-state index in [1.54, 1.807) is 13.0 Å². The van der Waals surface area contributed by atoms with Crippen molar-refractivity contribution in [1.82, 2.24) is 10.1 Å². The number of aromatic carboxylic acids is 1. The maximum absolute atomic E-state index is 14.4. The van der Waals surface area contributed by atoms with Crippen molar-refractivity contribution in [1.29, 1.82) is 0 Å². The molecular weight excluding hydrogens is 323 g/mol. The lowest BCUT2D eigenvalue weighted by molar-refractivity contribution is 0.0697. The van der Waals surface area contributed by atoms with Gasteiger partial charge in [-0.15, -0.1) is 0 Å². The van der Waals surface area contributed by atoms with Gasteiger partial charge in [-0.3, -0.25) is 0 Å². The summed E-state index contributed by atoms with van der Waals surface area (Å²) in [5.41, 5.74) is 4.29. The molecule has 0 amide bonds. The monoisotopic (exact) mass is 340 g/mol. The molecule has 0 aliphatic heterocycles. The Morgan fingerprint density at radius 2 is 1.80 bits per heavy atom. The summed E-state index contributed by atoms with van der Waals surface area (Å²) in [5.74, 6) is -1.16. The lowest BCUT2D eigenvalue weighted by Gasteiger charge is -2.09. The third kappa shape index (κ3) is 2.91. The van der Waals surface area contributed by atoms with Gasteiger partial charge in [0.25, 0.3) is 5.89 Å². The van der Waals surface area contributed by atoms with E-state index in [0.29, 0.717) is 5.56 Å². The molecule has 0 saturated carbocycles. The van der Waals surface area contributed by atoms with Crippen molar-refractivity contribution in [3.05, 3.63) is 57.9 Å². The first-order valence-corrected chi connectivity index (χ1v) is 7.74. The standard InChI is InChI=1S/C19H17FN2O3/c1-9-5-6-13(19(23)24)8-14(9)17-21-18(25-22-17)16-12(4)11(3)10(2)7-15(16)20/h5-8H,1-4H3,(H,23,24). The van der Waals surface area contributed by atoms with Crippen molar-refractivity contribution in [2.24, 2.45) is 0 Å². The van der Waals surface area contributed by atoms with Gasteiger partial charge in [-0.2, -0.15) is 4.98 Å². The number of halogens is 1. The molecule has 1 N–H and O–H groups in total. The Morgan fingerprint density at radius 3 is 2.48 bits per heavy atom. The number of hydrogen-bond donors (Lipinski definition) is 1. The van der Waals surface area contributed by atoms with E-state index in [0.717, 1.165) is 22.3 Å². The van der Waals surface area contributed by atoms with Crippen LogP contribution in [-0.4, -0.2) is 21.2 Å². The van der Waals surface area contributed by atoms with E-state index in [4.69, 9.17) is 9.63 Å². The third-order valence-corrected chi connectivity index (χ3v) is 4.48. The summed E-state index contributed by atoms with van der Waals surface area (Å²) in [5, 5.41) is 13.1. The Bertz CT molecular complexity index is 993. The van der Waals surface area contributed by atoms with Crippen LogP contribution >= 0.6 is 0 Å². The molecule has 0 spiro atoms. The van der Waals surface area contributed by atoms with Crippen LogP contribution in [0.1, 0.15) is 32.6 Å². The zero-order chi connectivity index (χ0) is 18.3. The first-order chi connectivity index (χ1) is 11.8. The number of rotatable bonds is 3. The second-order valence-corrected chi connectivity index (χ2v) is 6.06. The number of carbonyl (C=O) groups is 1. The fourth-order valence-electron chi connectivity index (χ4n) is 2.73. The highest BCUT2D eigenvalue weighted by molar-refractivity contribution is 5.89. The first kappa shape index (κ1) is 16.8. The number of benzene rings is 2. The topological polar surface area (TPSA) is 76.2 Å². The highest BCUT2D eigenvalue weighted by atomic mass is 19.1. The number of aromatic nitrogens is 2. The van der Waals surface area contributed by atoms with E-state index < -0.39 is 11.8 Å². The van der Waals surface area contributed by atoms with Gasteiger partial charge < -0.3 is 9.63 Å². The summed E-state index contributed by atoms with van der Waals surface area (Å²) in [6.45, 7) is 7.38. The van der Waals surface area contributed by atoms with Crippen LogP contribution < -0.4 is 0 Å². The van der Waals surface area contributed by atoms with Crippen LogP contribution in [0.25, 0.3) is 22.8 Å². The minimum Gasteiger partial charge on any atom is -0.478 e. The number of nitrogens with zero attached hydrogens (tertiary/aromatic N) is 2. The van der Waals surface area contributed by atoms with Gasteiger partial charge in [0.1, 0.15) is 5.82 Å². The van der Waals surface area contributed by atoms with Gasteiger partial charge in [0, 0.05) is 5.56 Å². The average Bonchev–Trinajstić information content (AvgIpc) is 3.02. The molecule has 0 fully saturated rings. The van der Waals surface area contributed by atoms with E-state index in [-0.39, 0.29) is 22.8 Å². The summed E-state index contributed by atoms with van der Waals surface area (Å²) in [7, 11) is 0. The minimum absolute atomic E-state index is 0.0771. The van der Waals surface area contributed by atoms with Gasteiger partial charge >= 0.3 is 5.97 Å². The molecule has 1 heterocycles. The summed E-state index contributed by atoms with van der Waals surface area (Å²) in [6, 6.07) is 6.11. The molecule has 128 valence electrons. The van der Waals surface area contributed by atoms with E-state index in [1.165, 1.54) is 18.2 Å². The van der Waals surface area contributed by atoms with E-state index in [1.807, 2.05) is 20.8 Å². The zero-order valence-corrected chi connectivity index (χ0v) is 14.3. The third-order valence-electron chi connectivity index (χ3n) is 4.48. The van der Waals surface area contributed by atoms with E-state index >= 15 is 0 Å². The molecule has 0 atom stereocenters. The molecule has 3 rings (SSSR count). The van der Waals surface area contributed by atoms with Crippen molar-refractivity contribution < 1.29 is 18.8 Å². The quantitative estimate of drug-likeness (QED) is 0.761. The highest BCUT2D eigenvalue weighted by Gasteiger charge is 2.20. The molecule has 3 aromatic rings. The molecule has 0 aliphatic carbocycles. The average molecular weight is 340 g/mol. The van der Waals surface area contributed by atoms with Crippen LogP contribution in [0.3, 0.4) is 0 Å². The Hall–Kier alpha value is -3.02. The SMILES string of the molecule is Cc1ccc(C(=O)O)cc1-c1noc(-c2c(F)cc(C)c(C)c2C)n1. The molecule has 25 heavy (non-hydrogen) atoms. The van der Waals surface area contributed by atoms with Gasteiger partial charge in [0.15, 0.2) is 0 Å². The summed E-state index contributed by atoms with van der Waals surface area (Å²) >= 11 is 0. The molecule has 0 unspecified atom stereocenters. The molecule has 1 aromatic heterocycles. The van der Waals surface area contributed by atoms with Gasteiger partial charge in [-0.05, 0) is 68.1 Å². The molecule has 0 aliphatic rings. The van der Waals surface area contributed by atoms with Gasteiger partial charge in [0.05, 0.1) is 11.1 Å². The van der Waals surface area contributed by atoms with Crippen molar-refractivity contribution in [3.63, 3.8) is 0 Å². The number of hydrogen-bond acceptors (Lipinski definition) is 4. The Morgan fingerprint density at radius 1 is 1.08 bits per heavy atom. The van der Waals surface area contributed by atoms with Gasteiger partial charge in [-0.25, -0.2) is 9.18 Å². The lowest BCUT2D eigenvalue weighted by Crippen LogP contribution is -1.98. The first-order valence-electron chi connectivity index (χ1n) is 7.74. The molecule has 5 nitrogen and oxygen atoms in total. The fraction of sp³-hybridized carbons (Fsp3) is 0.211. The molecule has 0 saturated heterocycles. The second-order valence-electron chi connectivity index (χ2n) is 6.06. The van der Waals surface area contributed by atoms with Crippen LogP contribution in [0.2, 0.25) is 0 Å². The minimum atomic E-state index is -1.04. The summed E-state index contributed by atoms with van der Waals surface area (Å²) in [4.78, 5) is 15.5. The highest BCUT2D eigenvalue weighted by Crippen LogP contribution is 2.31. The van der Waals surface area contributed by atoms with Crippen LogP contribution in [0.15, 0.2) is 28.8 Å². The predicted molar refractivity (Wildman–Crippen MR) is 91.0 cm³/mol. The summed E-state index contributed by atoms with van der Waals surface area (Å²) < 4.78 is 19.7. The normalized spacial score (nSPS) is 10.9. The smallest absolute Gasteiger partial charge is 0.335 e. The van der Waals surface area contributed by atoms with Gasteiger partial charge in [-0.1, -0.05) is 11.2 Å². The van der Waals surface area contributed by atoms with Crippen LogP contribution in [0.5, 0.6) is 0 Å². The lowest BCUT2D eigenvalue weighted by atomic mass is 9.98. The Kier molecular flexibility index (Phi) is 4.12. The molecule has 6 heteroatoms. The van der Waals surface area contributed by atoms with E-state index in [2.05, 4.69) is 10.1 Å². The maximum atomic E-state index is 14.4. The molecule has 2 aromatic carbocycles.